The zero-order valence-corrected chi connectivity index (χ0v) is 32.9. The van der Waals surface area contributed by atoms with Crippen LogP contribution >= 0.6 is 22.7 Å². The third-order valence-corrected chi connectivity index (χ3v) is 13.2. The van der Waals surface area contributed by atoms with Crippen LogP contribution in [0.3, 0.4) is 0 Å². The van der Waals surface area contributed by atoms with Crippen LogP contribution in [0.4, 0.5) is 17.2 Å². The zero-order valence-electron chi connectivity index (χ0n) is 31.2. The number of furan rings is 2. The van der Waals surface area contributed by atoms with Crippen molar-refractivity contribution in [3.05, 3.63) is 182 Å². The van der Waals surface area contributed by atoms with Crippen LogP contribution in [0.1, 0.15) is 0 Å². The normalized spacial score (nSPS) is 11.7. The van der Waals surface area contributed by atoms with Gasteiger partial charge in [0.05, 0.1) is 11.4 Å². The Balaban J connectivity index is 0.880. The molecule has 0 radical (unpaired) electrons. The molecular formula is C51H30N4O2S2. The van der Waals surface area contributed by atoms with Gasteiger partial charge in [0.15, 0.2) is 0 Å². The first-order valence-corrected chi connectivity index (χ1v) is 20.9. The van der Waals surface area contributed by atoms with E-state index in [9.17, 15) is 0 Å². The first-order chi connectivity index (χ1) is 29.2. The van der Waals surface area contributed by atoms with Gasteiger partial charge < -0.3 is 8.83 Å². The Morgan fingerprint density at radius 2 is 0.983 bits per heavy atom. The summed E-state index contributed by atoms with van der Waals surface area (Å²) in [6.45, 7) is 0. The molecule has 0 spiro atoms. The third-order valence-electron chi connectivity index (χ3n) is 10.9. The second-order valence-electron chi connectivity index (χ2n) is 14.5. The highest BCUT2D eigenvalue weighted by Crippen LogP contribution is 2.44. The number of thiophene rings is 2. The van der Waals surface area contributed by atoms with Crippen LogP contribution in [0.15, 0.2) is 191 Å². The van der Waals surface area contributed by atoms with Crippen molar-refractivity contribution in [1.29, 1.82) is 0 Å². The molecule has 0 fully saturated rings. The lowest BCUT2D eigenvalue weighted by Gasteiger charge is -2.25. The number of para-hydroxylation sites is 1. The monoisotopic (exact) mass is 794 g/mol. The quantitative estimate of drug-likeness (QED) is 0.160. The molecule has 0 aliphatic heterocycles. The minimum Gasteiger partial charge on any atom is -0.456 e. The molecule has 12 rings (SSSR count). The van der Waals surface area contributed by atoms with Gasteiger partial charge in [0.25, 0.3) is 0 Å². The molecule has 0 aliphatic rings. The summed E-state index contributed by atoms with van der Waals surface area (Å²) >= 11 is 3.61. The Morgan fingerprint density at radius 1 is 0.390 bits per heavy atom. The van der Waals surface area contributed by atoms with E-state index in [0.29, 0.717) is 0 Å². The molecule has 0 bridgehead atoms. The van der Waals surface area contributed by atoms with Gasteiger partial charge in [-0.05, 0) is 109 Å². The fourth-order valence-corrected chi connectivity index (χ4v) is 10.4. The van der Waals surface area contributed by atoms with Crippen LogP contribution in [0, 0.1) is 0 Å². The van der Waals surface area contributed by atoms with Crippen LogP contribution in [-0.2, 0) is 0 Å². The van der Waals surface area contributed by atoms with E-state index in [1.807, 2.05) is 84.5 Å². The van der Waals surface area contributed by atoms with Gasteiger partial charge in [-0.3, -0.25) is 14.9 Å². The summed E-state index contributed by atoms with van der Waals surface area (Å²) in [5.41, 5.74) is 11.6. The third kappa shape index (κ3) is 5.88. The van der Waals surface area contributed by atoms with Crippen LogP contribution < -0.4 is 4.90 Å². The molecular weight excluding hydrogens is 765 g/mol. The van der Waals surface area contributed by atoms with E-state index in [-0.39, 0.29) is 0 Å². The molecule has 0 saturated heterocycles. The van der Waals surface area contributed by atoms with Gasteiger partial charge in [-0.2, -0.15) is 0 Å². The predicted octanol–water partition coefficient (Wildman–Crippen LogP) is 15.1. The summed E-state index contributed by atoms with van der Waals surface area (Å²) in [5, 5.41) is 4.42. The molecule has 6 nitrogen and oxygen atoms in total. The number of benzene rings is 5. The van der Waals surface area contributed by atoms with E-state index in [4.69, 9.17) is 13.8 Å². The number of nitrogens with zero attached hydrogens (tertiary/aromatic N) is 4. The van der Waals surface area contributed by atoms with Gasteiger partial charge in [-0.25, -0.2) is 4.98 Å². The molecule has 0 N–H and O–H groups in total. The number of aromatic nitrogens is 3. The minimum absolute atomic E-state index is 0.814. The Labute approximate surface area is 345 Å². The first-order valence-electron chi connectivity index (χ1n) is 19.3. The highest BCUT2D eigenvalue weighted by atomic mass is 32.1. The molecule has 8 heteroatoms. The van der Waals surface area contributed by atoms with E-state index in [1.54, 1.807) is 11.3 Å². The van der Waals surface area contributed by atoms with Crippen LogP contribution in [0.5, 0.6) is 0 Å². The van der Waals surface area contributed by atoms with Crippen molar-refractivity contribution < 1.29 is 8.83 Å². The van der Waals surface area contributed by atoms with E-state index in [1.165, 1.54) is 24.7 Å². The van der Waals surface area contributed by atoms with Crippen molar-refractivity contribution >= 4 is 93.1 Å². The topological polar surface area (TPSA) is 68.2 Å². The Hall–Kier alpha value is -7.39. The lowest BCUT2D eigenvalue weighted by Crippen LogP contribution is -2.11. The highest BCUT2D eigenvalue weighted by Gasteiger charge is 2.19. The van der Waals surface area contributed by atoms with Gasteiger partial charge in [-0.15, -0.1) is 22.7 Å². The largest absolute Gasteiger partial charge is 0.456 e. The molecule has 0 unspecified atom stereocenters. The summed E-state index contributed by atoms with van der Waals surface area (Å²) in [7, 11) is 0. The van der Waals surface area contributed by atoms with Crippen molar-refractivity contribution in [2.45, 2.75) is 0 Å². The van der Waals surface area contributed by atoms with E-state index in [2.05, 4.69) is 124 Å². The fourth-order valence-electron chi connectivity index (χ4n) is 8.02. The summed E-state index contributed by atoms with van der Waals surface area (Å²) in [6.07, 6.45) is 5.64. The van der Waals surface area contributed by atoms with Gasteiger partial charge in [-0.1, -0.05) is 54.6 Å². The molecule has 12 aromatic rings. The number of fused-ring (bicyclic) bond motifs is 7. The van der Waals surface area contributed by atoms with Crippen LogP contribution in [0.25, 0.3) is 96.7 Å². The SMILES string of the molecule is c1ccc(-c2cccc(N(c3cccc(-c4ccccn4)c3)c3ccc(-c4cc5sc(-c6ccc7oc8cc9oc%10ccccc%10c9cc8c7c6)cc5s4)cn3)c2)nc1. The Kier molecular flexibility index (Phi) is 7.79. The van der Waals surface area contributed by atoms with Gasteiger partial charge >= 0.3 is 0 Å². The van der Waals surface area contributed by atoms with Crippen molar-refractivity contribution in [3.63, 3.8) is 0 Å². The molecule has 0 amide bonds. The molecule has 278 valence electrons. The van der Waals surface area contributed by atoms with Crippen molar-refractivity contribution in [2.24, 2.45) is 0 Å². The standard InChI is InChI=1S/C51H30N4O2S2/c1-2-16-43-37(13-1)39-26-40-38-25-33(17-19-44(38)57-46(40)27-45(39)56-43)47-28-49-50(58-47)29-48(59-49)34-18-20-51(54-30-34)55(35-11-7-9-31(23-35)41-14-3-5-21-52-41)36-12-8-10-32(24-36)42-15-4-6-22-53-42/h1-30H. The maximum absolute atomic E-state index is 6.31. The number of hydrogen-bond donors (Lipinski definition) is 0. The zero-order chi connectivity index (χ0) is 38.9. The fraction of sp³-hybridized carbons (Fsp3) is 0. The lowest BCUT2D eigenvalue weighted by atomic mass is 10.1. The van der Waals surface area contributed by atoms with Gasteiger partial charge in [0, 0.05) is 93.4 Å². The van der Waals surface area contributed by atoms with Crippen LogP contribution in [0.2, 0.25) is 0 Å². The minimum atomic E-state index is 0.814. The molecule has 0 saturated carbocycles. The average molecular weight is 795 g/mol. The summed E-state index contributed by atoms with van der Waals surface area (Å²) in [4.78, 5) is 19.0. The number of anilines is 3. The van der Waals surface area contributed by atoms with Crippen LogP contribution in [-0.4, -0.2) is 15.0 Å². The molecule has 7 aromatic heterocycles. The molecule has 5 aromatic carbocycles. The maximum atomic E-state index is 6.31. The van der Waals surface area contributed by atoms with Gasteiger partial charge in [0.2, 0.25) is 0 Å². The predicted molar refractivity (Wildman–Crippen MR) is 244 cm³/mol. The van der Waals surface area contributed by atoms with E-state index < -0.39 is 0 Å². The second-order valence-corrected chi connectivity index (χ2v) is 16.6. The number of pyridine rings is 3. The molecule has 0 atom stereocenters. The van der Waals surface area contributed by atoms with E-state index in [0.717, 1.165) is 89.1 Å². The summed E-state index contributed by atoms with van der Waals surface area (Å²) in [6, 6.07) is 56.7. The average Bonchev–Trinajstić information content (AvgIpc) is 4.07. The number of hydrogen-bond acceptors (Lipinski definition) is 8. The van der Waals surface area contributed by atoms with Crippen molar-refractivity contribution in [3.8, 4) is 43.4 Å². The van der Waals surface area contributed by atoms with Crippen molar-refractivity contribution in [1.82, 2.24) is 15.0 Å². The van der Waals surface area contributed by atoms with Crippen molar-refractivity contribution in [2.75, 3.05) is 4.90 Å². The summed E-state index contributed by atoms with van der Waals surface area (Å²) < 4.78 is 15.0. The Bertz CT molecular complexity index is 3400. The smallest absolute Gasteiger partial charge is 0.139 e. The maximum Gasteiger partial charge on any atom is 0.139 e. The first kappa shape index (κ1) is 33.7. The van der Waals surface area contributed by atoms with Gasteiger partial charge in [0.1, 0.15) is 28.1 Å². The highest BCUT2D eigenvalue weighted by molar-refractivity contribution is 7.31. The number of rotatable bonds is 7. The summed E-state index contributed by atoms with van der Waals surface area (Å²) in [5.74, 6) is 0.814. The molecule has 7 heterocycles. The Morgan fingerprint density at radius 3 is 1.63 bits per heavy atom. The lowest BCUT2D eigenvalue weighted by molar-refractivity contribution is 0.656. The molecule has 59 heavy (non-hydrogen) atoms. The van der Waals surface area contributed by atoms with E-state index >= 15 is 0 Å². The second kappa shape index (κ2) is 13.6. The molecule has 0 aliphatic carbocycles.